The third kappa shape index (κ3) is 8.11. The normalized spacial score (nSPS) is 14.2. The van der Waals surface area contributed by atoms with Crippen LogP contribution in [0.25, 0.3) is 11.4 Å². The van der Waals surface area contributed by atoms with Gasteiger partial charge in [-0.3, -0.25) is 4.79 Å². The zero-order chi connectivity index (χ0) is 28.1. The van der Waals surface area contributed by atoms with E-state index in [-0.39, 0.29) is 72.8 Å². The third-order valence-electron chi connectivity index (χ3n) is 6.59. The van der Waals surface area contributed by atoms with Crippen molar-refractivity contribution in [3.8, 4) is 17.1 Å². The number of methoxy groups -OCH3 is 1. The molecule has 0 bridgehead atoms. The Bertz CT molecular complexity index is 1330. The van der Waals surface area contributed by atoms with Crippen LogP contribution >= 0.6 is 0 Å². The molecule has 1 aliphatic carbocycles. The Labute approximate surface area is 252 Å². The van der Waals surface area contributed by atoms with Crippen LogP contribution in [0.2, 0.25) is 0 Å². The summed E-state index contributed by atoms with van der Waals surface area (Å²) in [6, 6.07) is 10.1. The number of aliphatic hydroxyl groups excluding tert-OH is 2. The molecular formula is C28H30F2N3NaO6. The fourth-order valence-electron chi connectivity index (χ4n) is 4.52. The van der Waals surface area contributed by atoms with Crippen LogP contribution in [0.4, 0.5) is 8.78 Å². The molecule has 1 heterocycles. The van der Waals surface area contributed by atoms with Gasteiger partial charge in [-0.1, -0.05) is 6.07 Å². The predicted octanol–water partition coefficient (Wildman–Crippen LogP) is -0.710. The molecule has 1 saturated carbocycles. The predicted molar refractivity (Wildman–Crippen MR) is 135 cm³/mol. The molecule has 1 aromatic heterocycles. The number of carbonyl (C=O) groups is 2. The van der Waals surface area contributed by atoms with Crippen molar-refractivity contribution in [3.63, 3.8) is 0 Å². The Kier molecular flexibility index (Phi) is 11.2. The number of hydrogen-bond acceptors (Lipinski definition) is 7. The second-order valence-corrected chi connectivity index (χ2v) is 9.66. The van der Waals surface area contributed by atoms with Crippen LogP contribution in [0.3, 0.4) is 0 Å². The van der Waals surface area contributed by atoms with Crippen molar-refractivity contribution in [1.82, 2.24) is 14.9 Å². The number of benzene rings is 2. The Morgan fingerprint density at radius 1 is 1.15 bits per heavy atom. The molecule has 3 N–H and O–H groups in total. The van der Waals surface area contributed by atoms with E-state index in [0.29, 0.717) is 22.6 Å². The zero-order valence-electron chi connectivity index (χ0n) is 22.4. The van der Waals surface area contributed by atoms with Gasteiger partial charge < -0.3 is 34.7 Å². The first kappa shape index (κ1) is 31.7. The average molecular weight is 566 g/mol. The van der Waals surface area contributed by atoms with E-state index in [1.807, 2.05) is 4.57 Å². The summed E-state index contributed by atoms with van der Waals surface area (Å²) in [5, 5.41) is 33.8. The molecule has 1 fully saturated rings. The van der Waals surface area contributed by atoms with Crippen molar-refractivity contribution in [1.29, 1.82) is 0 Å². The van der Waals surface area contributed by atoms with Crippen molar-refractivity contribution in [2.75, 3.05) is 7.11 Å². The molecule has 3 aromatic rings. The molecule has 2 atom stereocenters. The van der Waals surface area contributed by atoms with Crippen molar-refractivity contribution in [2.45, 2.75) is 63.3 Å². The second kappa shape index (κ2) is 14.2. The summed E-state index contributed by atoms with van der Waals surface area (Å²) in [6.45, 7) is 0.277. The van der Waals surface area contributed by atoms with E-state index >= 15 is 0 Å². The van der Waals surface area contributed by atoms with Gasteiger partial charge in [-0.2, -0.15) is 0 Å². The van der Waals surface area contributed by atoms with Crippen LogP contribution in [0.5, 0.6) is 5.75 Å². The van der Waals surface area contributed by atoms with Crippen LogP contribution in [-0.2, 0) is 17.9 Å². The molecule has 0 saturated heterocycles. The van der Waals surface area contributed by atoms with Gasteiger partial charge in [0, 0.05) is 37.0 Å². The van der Waals surface area contributed by atoms with Crippen LogP contribution in [0.15, 0.2) is 42.5 Å². The van der Waals surface area contributed by atoms with Gasteiger partial charge in [0.15, 0.2) is 11.6 Å². The van der Waals surface area contributed by atoms with E-state index < -0.39 is 42.1 Å². The summed E-state index contributed by atoms with van der Waals surface area (Å²) in [5.41, 5.74) is 1.97. The van der Waals surface area contributed by atoms with Crippen molar-refractivity contribution >= 4 is 11.9 Å². The number of ether oxygens (including phenoxy) is 1. The maximum absolute atomic E-state index is 14.1. The number of nitrogens with zero attached hydrogens (tertiary/aromatic N) is 2. The van der Waals surface area contributed by atoms with Crippen molar-refractivity contribution < 1.29 is 68.0 Å². The minimum Gasteiger partial charge on any atom is -0.550 e. The maximum Gasteiger partial charge on any atom is 1.00 e. The van der Waals surface area contributed by atoms with Crippen LogP contribution in [0, 0.1) is 11.6 Å². The molecule has 0 unspecified atom stereocenters. The first-order valence-electron chi connectivity index (χ1n) is 12.7. The van der Waals surface area contributed by atoms with Gasteiger partial charge in [0.2, 0.25) is 0 Å². The Morgan fingerprint density at radius 2 is 1.85 bits per heavy atom. The quantitative estimate of drug-likeness (QED) is 0.233. The number of aromatic nitrogens is 2. The Balaban J connectivity index is 0.00000441. The summed E-state index contributed by atoms with van der Waals surface area (Å²) in [6.07, 6.45) is -1.18. The van der Waals surface area contributed by atoms with Gasteiger partial charge in [0.05, 0.1) is 25.0 Å². The number of imidazole rings is 1. The molecule has 1 aliphatic rings. The molecule has 40 heavy (non-hydrogen) atoms. The van der Waals surface area contributed by atoms with Crippen LogP contribution < -0.4 is 44.7 Å². The van der Waals surface area contributed by atoms with Crippen molar-refractivity contribution in [3.05, 3.63) is 71.1 Å². The third-order valence-corrected chi connectivity index (χ3v) is 6.59. The van der Waals surface area contributed by atoms with E-state index in [0.717, 1.165) is 12.8 Å². The second-order valence-electron chi connectivity index (χ2n) is 9.66. The van der Waals surface area contributed by atoms with Crippen LogP contribution in [-0.4, -0.2) is 51.0 Å². The molecule has 4 rings (SSSR count). The summed E-state index contributed by atoms with van der Waals surface area (Å²) in [5.74, 6) is -2.27. The molecular weight excluding hydrogens is 535 g/mol. The number of amides is 1. The van der Waals surface area contributed by atoms with Gasteiger partial charge in [0.1, 0.15) is 17.3 Å². The first-order valence-corrected chi connectivity index (χ1v) is 12.7. The standard InChI is InChI=1S/C28H31F2N3O6.Na/c1-39-23-9-2-16(12-22(23)30)15-31-28(38)25-26(17-3-4-17)33(11-10-20(34)13-21(35)14-24(36)37)27(32-25)18-5-7-19(29)8-6-18;/h2,5-9,12,17,20-21,34-35H,3-4,10-11,13-15H2,1H3,(H,31,38)(H,36,37);/q;+1/p-1/t20-,21-;/m1./s1. The topological polar surface area (TPSA) is 137 Å². The van der Waals surface area contributed by atoms with E-state index in [9.17, 15) is 33.7 Å². The molecule has 9 nitrogen and oxygen atoms in total. The van der Waals surface area contributed by atoms with Gasteiger partial charge in [-0.25, -0.2) is 13.8 Å². The van der Waals surface area contributed by atoms with Gasteiger partial charge >= 0.3 is 29.6 Å². The van der Waals surface area contributed by atoms with Gasteiger partial charge in [0.25, 0.3) is 5.91 Å². The summed E-state index contributed by atoms with van der Waals surface area (Å²) in [4.78, 5) is 28.7. The fraction of sp³-hybridized carbons (Fsp3) is 0.393. The van der Waals surface area contributed by atoms with Gasteiger partial charge in [-0.15, -0.1) is 0 Å². The molecule has 0 aliphatic heterocycles. The first-order chi connectivity index (χ1) is 18.7. The number of nitrogens with one attached hydrogen (secondary N) is 1. The van der Waals surface area contributed by atoms with E-state index in [1.54, 1.807) is 18.2 Å². The number of carbonyl (C=O) groups excluding carboxylic acids is 2. The molecule has 1 amide bonds. The monoisotopic (exact) mass is 565 g/mol. The van der Waals surface area contributed by atoms with Gasteiger partial charge in [-0.05, 0) is 67.6 Å². The summed E-state index contributed by atoms with van der Waals surface area (Å²) < 4.78 is 34.5. The number of carboxylic acid groups (broad SMARTS) is 1. The Hall–Kier alpha value is -2.83. The Morgan fingerprint density at radius 3 is 2.45 bits per heavy atom. The van der Waals surface area contributed by atoms with E-state index in [4.69, 9.17) is 4.74 Å². The minimum atomic E-state index is -1.41. The number of aliphatic carboxylic acids is 1. The van der Waals surface area contributed by atoms with E-state index in [2.05, 4.69) is 10.3 Å². The smallest absolute Gasteiger partial charge is 0.550 e. The SMILES string of the molecule is COc1ccc(CNC(=O)c2nc(-c3ccc(F)cc3)n(CC[C@@H](O)C[C@@H](O)CC(=O)[O-])c2C2CC2)cc1F.[Na+]. The molecule has 0 radical (unpaired) electrons. The van der Waals surface area contributed by atoms with Crippen LogP contribution in [0.1, 0.15) is 59.8 Å². The summed E-state index contributed by atoms with van der Waals surface area (Å²) >= 11 is 0. The zero-order valence-corrected chi connectivity index (χ0v) is 24.4. The van der Waals surface area contributed by atoms with Crippen molar-refractivity contribution in [2.24, 2.45) is 0 Å². The number of rotatable bonds is 13. The number of hydrogen-bond donors (Lipinski definition) is 3. The molecule has 12 heteroatoms. The number of carboxylic acids is 1. The average Bonchev–Trinajstić information content (AvgIpc) is 3.66. The molecule has 208 valence electrons. The number of aliphatic hydroxyl groups is 2. The maximum atomic E-state index is 14.1. The molecule has 2 aromatic carbocycles. The summed E-state index contributed by atoms with van der Waals surface area (Å²) in [7, 11) is 1.36. The van der Waals surface area contributed by atoms with E-state index in [1.165, 1.54) is 31.4 Å². The number of halogens is 2. The fourth-order valence-corrected chi connectivity index (χ4v) is 4.52. The minimum absolute atomic E-state index is 0. The molecule has 0 spiro atoms. The largest absolute Gasteiger partial charge is 1.00 e.